The Morgan fingerprint density at radius 1 is 0.969 bits per heavy atom. The Bertz CT molecular complexity index is 1270. The van der Waals surface area contributed by atoms with Crippen LogP contribution in [0.15, 0.2) is 59.7 Å². The average molecular weight is 470 g/mol. The topological polar surface area (TPSA) is 64.8 Å². The fourth-order valence-electron chi connectivity index (χ4n) is 3.67. The molecule has 0 unspecified atom stereocenters. The zero-order valence-corrected chi connectivity index (χ0v) is 19.1. The molecule has 0 bridgehead atoms. The van der Waals surface area contributed by atoms with E-state index in [1.165, 1.54) is 6.21 Å². The van der Waals surface area contributed by atoms with E-state index in [4.69, 9.17) is 32.7 Å². The van der Waals surface area contributed by atoms with Crippen LogP contribution < -0.4 is 14.9 Å². The van der Waals surface area contributed by atoms with E-state index in [9.17, 15) is 4.79 Å². The minimum absolute atomic E-state index is 0.207. The molecular formula is C24H21Cl2N3O3. The summed E-state index contributed by atoms with van der Waals surface area (Å²) >= 11 is 12.4. The Morgan fingerprint density at radius 3 is 2.22 bits per heavy atom. The number of carbonyl (C=O) groups excluding carboxylic acids is 1. The molecule has 164 valence electrons. The molecule has 0 saturated carbocycles. The second-order valence-corrected chi connectivity index (χ2v) is 8.00. The van der Waals surface area contributed by atoms with E-state index in [0.29, 0.717) is 33.7 Å². The van der Waals surface area contributed by atoms with Gasteiger partial charge in [-0.15, -0.1) is 0 Å². The molecule has 6 nitrogen and oxygen atoms in total. The van der Waals surface area contributed by atoms with Crippen LogP contribution in [0.2, 0.25) is 10.0 Å². The predicted octanol–water partition coefficient (Wildman–Crippen LogP) is 5.66. The van der Waals surface area contributed by atoms with Gasteiger partial charge >= 0.3 is 0 Å². The molecule has 0 atom stereocenters. The van der Waals surface area contributed by atoms with Crippen molar-refractivity contribution in [1.82, 2.24) is 9.99 Å². The number of methoxy groups -OCH3 is 2. The van der Waals surface area contributed by atoms with Crippen molar-refractivity contribution in [3.05, 3.63) is 70.2 Å². The number of benzene rings is 3. The van der Waals surface area contributed by atoms with E-state index in [1.807, 2.05) is 36.4 Å². The number of ether oxygens (including phenoxy) is 2. The molecule has 1 heterocycles. The number of aromatic nitrogens is 1. The van der Waals surface area contributed by atoms with Crippen LogP contribution in [0, 0.1) is 0 Å². The molecule has 0 aliphatic heterocycles. The smallest absolute Gasteiger partial charge is 0.241 e. The third kappa shape index (κ3) is 4.52. The van der Waals surface area contributed by atoms with E-state index in [0.717, 1.165) is 21.8 Å². The summed E-state index contributed by atoms with van der Waals surface area (Å²) in [4.78, 5) is 12.5. The van der Waals surface area contributed by atoms with Crippen molar-refractivity contribution in [2.75, 3.05) is 14.2 Å². The van der Waals surface area contributed by atoms with Crippen molar-refractivity contribution in [2.24, 2.45) is 5.10 Å². The van der Waals surface area contributed by atoms with Gasteiger partial charge < -0.3 is 14.0 Å². The number of hydrazone groups is 1. The summed E-state index contributed by atoms with van der Waals surface area (Å²) in [5.74, 6) is 1.09. The lowest BCUT2D eigenvalue weighted by molar-refractivity contribution is -0.121. The standard InChI is InChI=1S/C24H21Cl2N3O3/c1-31-18-5-8-23(32-2)15(11-18)14-27-28-24(30)9-10-29-21-6-3-16(25)12-19(21)20-13-17(26)4-7-22(20)29/h3-8,11-14H,9-10H2,1-2H3,(H,28,30). The molecular weight excluding hydrogens is 449 g/mol. The summed E-state index contributed by atoms with van der Waals surface area (Å²) < 4.78 is 12.6. The van der Waals surface area contributed by atoms with Gasteiger partial charge in [0.05, 0.1) is 20.4 Å². The highest BCUT2D eigenvalue weighted by molar-refractivity contribution is 6.33. The largest absolute Gasteiger partial charge is 0.497 e. The van der Waals surface area contributed by atoms with E-state index in [1.54, 1.807) is 32.4 Å². The highest BCUT2D eigenvalue weighted by Crippen LogP contribution is 2.33. The van der Waals surface area contributed by atoms with Crippen LogP contribution in [-0.2, 0) is 11.3 Å². The Hall–Kier alpha value is -3.22. The summed E-state index contributed by atoms with van der Waals surface area (Å²) in [6.45, 7) is 0.479. The quantitative estimate of drug-likeness (QED) is 0.280. The number of amides is 1. The number of hydrogen-bond donors (Lipinski definition) is 1. The van der Waals surface area contributed by atoms with Gasteiger partial charge in [-0.25, -0.2) is 5.43 Å². The normalized spacial score (nSPS) is 11.4. The number of fused-ring (bicyclic) bond motifs is 3. The lowest BCUT2D eigenvalue weighted by Gasteiger charge is -2.08. The maximum Gasteiger partial charge on any atom is 0.241 e. The first-order chi connectivity index (χ1) is 15.5. The summed E-state index contributed by atoms with van der Waals surface area (Å²) in [6, 6.07) is 16.8. The van der Waals surface area contributed by atoms with Gasteiger partial charge in [-0.05, 0) is 54.6 Å². The number of nitrogens with zero attached hydrogens (tertiary/aromatic N) is 2. The van der Waals surface area contributed by atoms with Crippen molar-refractivity contribution in [1.29, 1.82) is 0 Å². The average Bonchev–Trinajstić information content (AvgIpc) is 3.09. The zero-order chi connectivity index (χ0) is 22.7. The predicted molar refractivity (Wildman–Crippen MR) is 129 cm³/mol. The number of hydrogen-bond acceptors (Lipinski definition) is 4. The summed E-state index contributed by atoms with van der Waals surface area (Å²) in [5.41, 5.74) is 5.25. The van der Waals surface area contributed by atoms with E-state index in [-0.39, 0.29) is 12.3 Å². The third-order valence-corrected chi connectivity index (χ3v) is 5.65. The maximum absolute atomic E-state index is 12.5. The number of nitrogens with one attached hydrogen (secondary N) is 1. The van der Waals surface area contributed by atoms with Gasteiger partial charge in [0.1, 0.15) is 11.5 Å². The number of rotatable bonds is 7. The molecule has 0 spiro atoms. The monoisotopic (exact) mass is 469 g/mol. The molecule has 0 aliphatic rings. The molecule has 4 aromatic rings. The van der Waals surface area contributed by atoms with Crippen molar-refractivity contribution in [3.8, 4) is 11.5 Å². The second-order valence-electron chi connectivity index (χ2n) is 7.13. The molecule has 0 aliphatic carbocycles. The molecule has 8 heteroatoms. The number of aryl methyl sites for hydroxylation is 1. The van der Waals surface area contributed by atoms with Gasteiger partial charge in [-0.3, -0.25) is 4.79 Å². The van der Waals surface area contributed by atoms with Crippen molar-refractivity contribution >= 4 is 57.1 Å². The van der Waals surface area contributed by atoms with Gasteiger partial charge in [0, 0.05) is 50.4 Å². The first kappa shape index (κ1) is 22.0. The lowest BCUT2D eigenvalue weighted by atomic mass is 10.1. The van der Waals surface area contributed by atoms with Crippen molar-refractivity contribution < 1.29 is 14.3 Å². The number of carbonyl (C=O) groups is 1. The fourth-order valence-corrected chi connectivity index (χ4v) is 4.02. The van der Waals surface area contributed by atoms with Crippen LogP contribution in [-0.4, -0.2) is 30.9 Å². The molecule has 3 aromatic carbocycles. The highest BCUT2D eigenvalue weighted by Gasteiger charge is 2.13. The fraction of sp³-hybridized carbons (Fsp3) is 0.167. The van der Waals surface area contributed by atoms with E-state index >= 15 is 0 Å². The van der Waals surface area contributed by atoms with Crippen molar-refractivity contribution in [3.63, 3.8) is 0 Å². The Balaban J connectivity index is 1.50. The molecule has 32 heavy (non-hydrogen) atoms. The minimum Gasteiger partial charge on any atom is -0.497 e. The first-order valence-corrected chi connectivity index (χ1v) is 10.7. The molecule has 1 N–H and O–H groups in total. The molecule has 1 aromatic heterocycles. The van der Waals surface area contributed by atoms with Crippen LogP contribution in [0.1, 0.15) is 12.0 Å². The van der Waals surface area contributed by atoms with Crippen LogP contribution in [0.4, 0.5) is 0 Å². The Morgan fingerprint density at radius 2 is 1.62 bits per heavy atom. The van der Waals surface area contributed by atoms with Gasteiger partial charge in [0.15, 0.2) is 0 Å². The lowest BCUT2D eigenvalue weighted by Crippen LogP contribution is -2.19. The molecule has 0 radical (unpaired) electrons. The SMILES string of the molecule is COc1ccc(OC)c(C=NNC(=O)CCn2c3ccc(Cl)cc3c3cc(Cl)ccc32)c1. The summed E-state index contributed by atoms with van der Waals surface area (Å²) in [5, 5.41) is 7.37. The Labute approximate surface area is 195 Å². The van der Waals surface area contributed by atoms with Gasteiger partial charge in [-0.1, -0.05) is 23.2 Å². The van der Waals surface area contributed by atoms with E-state index < -0.39 is 0 Å². The second kappa shape index (κ2) is 9.51. The third-order valence-electron chi connectivity index (χ3n) is 5.18. The van der Waals surface area contributed by atoms with Crippen molar-refractivity contribution in [2.45, 2.75) is 13.0 Å². The first-order valence-electron chi connectivity index (χ1n) is 9.91. The Kier molecular flexibility index (Phi) is 6.53. The van der Waals surface area contributed by atoms with E-state index in [2.05, 4.69) is 15.1 Å². The van der Waals surface area contributed by atoms with Crippen LogP contribution in [0.3, 0.4) is 0 Å². The molecule has 4 rings (SSSR count). The van der Waals surface area contributed by atoms with Gasteiger partial charge in [0.2, 0.25) is 5.91 Å². The molecule has 1 amide bonds. The zero-order valence-electron chi connectivity index (χ0n) is 17.6. The summed E-state index contributed by atoms with van der Waals surface area (Å²) in [7, 11) is 3.16. The van der Waals surface area contributed by atoms with Crippen LogP contribution in [0.25, 0.3) is 21.8 Å². The van der Waals surface area contributed by atoms with Gasteiger partial charge in [-0.2, -0.15) is 5.10 Å². The number of halogens is 2. The molecule has 0 saturated heterocycles. The van der Waals surface area contributed by atoms with Crippen LogP contribution in [0.5, 0.6) is 11.5 Å². The van der Waals surface area contributed by atoms with Crippen LogP contribution >= 0.6 is 23.2 Å². The summed E-state index contributed by atoms with van der Waals surface area (Å²) in [6.07, 6.45) is 1.78. The maximum atomic E-state index is 12.5. The van der Waals surface area contributed by atoms with Gasteiger partial charge in [0.25, 0.3) is 0 Å². The minimum atomic E-state index is -0.207. The highest BCUT2D eigenvalue weighted by atomic mass is 35.5. The molecule has 0 fully saturated rings.